The van der Waals surface area contributed by atoms with Crippen molar-refractivity contribution in [1.82, 2.24) is 0 Å². The number of ether oxygens (including phenoxy) is 3. The van der Waals surface area contributed by atoms with Gasteiger partial charge in [-0.1, -0.05) is 65.4 Å². The van der Waals surface area contributed by atoms with Crippen LogP contribution in [-0.2, 0) is 33.5 Å². The first kappa shape index (κ1) is 30.9. The van der Waals surface area contributed by atoms with Crippen LogP contribution in [0, 0.1) is 0 Å². The third-order valence-electron chi connectivity index (χ3n) is 6.44. The molecule has 0 saturated heterocycles. The zero-order valence-corrected chi connectivity index (χ0v) is 23.2. The Morgan fingerprint density at radius 3 is 1.44 bits per heavy atom. The highest BCUT2D eigenvalue weighted by Gasteiger charge is 2.20. The van der Waals surface area contributed by atoms with Gasteiger partial charge in [-0.3, -0.25) is 0 Å². The van der Waals surface area contributed by atoms with Gasteiger partial charge >= 0.3 is 0 Å². The molecule has 34 heavy (non-hydrogen) atoms. The number of unbranched alkanes of at least 4 members (excludes halogenated alkanes) is 6. The molecule has 0 bridgehead atoms. The fraction of sp³-hybridized carbons (Fsp3) is 0.800. The Labute approximate surface area is 210 Å². The highest BCUT2D eigenvalue weighted by atomic mass is 16.5. The molecule has 0 aliphatic heterocycles. The molecule has 1 aromatic rings. The van der Waals surface area contributed by atoms with E-state index < -0.39 is 0 Å². The predicted molar refractivity (Wildman–Crippen MR) is 144 cm³/mol. The highest BCUT2D eigenvalue weighted by molar-refractivity contribution is 5.45. The maximum atomic E-state index is 10.8. The molecular weight excluding hydrogens is 424 g/mol. The first-order chi connectivity index (χ1) is 16.4. The van der Waals surface area contributed by atoms with Gasteiger partial charge in [0.15, 0.2) is 0 Å². The molecule has 0 amide bonds. The fourth-order valence-corrected chi connectivity index (χ4v) is 4.37. The first-order valence-corrected chi connectivity index (χ1v) is 14.1. The van der Waals surface area contributed by atoms with E-state index in [1.807, 2.05) is 6.07 Å². The second-order valence-corrected chi connectivity index (χ2v) is 9.98. The Morgan fingerprint density at radius 1 is 0.588 bits per heavy atom. The van der Waals surface area contributed by atoms with Gasteiger partial charge in [-0.25, -0.2) is 0 Å². The molecule has 0 aliphatic carbocycles. The van der Waals surface area contributed by atoms with E-state index in [9.17, 15) is 5.11 Å². The number of phenolic OH excluding ortho intramolecular Hbond substituents is 1. The summed E-state index contributed by atoms with van der Waals surface area (Å²) in [5.74, 6) is 0.373. The maximum Gasteiger partial charge on any atom is 0.119 e. The summed E-state index contributed by atoms with van der Waals surface area (Å²) < 4.78 is 18.3. The van der Waals surface area contributed by atoms with E-state index in [0.29, 0.717) is 5.75 Å². The Balaban J connectivity index is 2.95. The minimum atomic E-state index is 0.0697. The number of rotatable bonds is 21. The number of aromatic hydroxyl groups is 1. The van der Waals surface area contributed by atoms with Gasteiger partial charge in [-0.15, -0.1) is 0 Å². The fourth-order valence-electron chi connectivity index (χ4n) is 4.37. The number of hydrogen-bond acceptors (Lipinski definition) is 4. The Kier molecular flexibility index (Phi) is 17.4. The molecule has 1 aromatic carbocycles. The number of phenols is 1. The lowest BCUT2D eigenvalue weighted by molar-refractivity contribution is 0.0576. The van der Waals surface area contributed by atoms with Gasteiger partial charge in [0, 0.05) is 26.2 Å². The molecule has 4 nitrogen and oxygen atoms in total. The van der Waals surface area contributed by atoms with Crippen LogP contribution in [-0.4, -0.2) is 43.2 Å². The van der Waals surface area contributed by atoms with Gasteiger partial charge in [-0.05, 0) is 75.6 Å². The van der Waals surface area contributed by atoms with Crippen molar-refractivity contribution < 1.29 is 19.3 Å². The van der Waals surface area contributed by atoms with E-state index in [0.717, 1.165) is 63.9 Å². The Hall–Kier alpha value is -1.10. The van der Waals surface area contributed by atoms with Crippen LogP contribution >= 0.6 is 0 Å². The second kappa shape index (κ2) is 19.1. The van der Waals surface area contributed by atoms with E-state index in [-0.39, 0.29) is 18.3 Å². The summed E-state index contributed by atoms with van der Waals surface area (Å²) in [4.78, 5) is 0. The molecule has 0 aliphatic rings. The molecule has 3 atom stereocenters. The molecule has 0 saturated carbocycles. The maximum absolute atomic E-state index is 10.8. The summed E-state index contributed by atoms with van der Waals surface area (Å²) >= 11 is 0. The lowest BCUT2D eigenvalue weighted by atomic mass is 9.90. The minimum absolute atomic E-state index is 0.0697. The largest absolute Gasteiger partial charge is 0.508 e. The van der Waals surface area contributed by atoms with Crippen LogP contribution in [0.5, 0.6) is 5.75 Å². The van der Waals surface area contributed by atoms with E-state index in [4.69, 9.17) is 14.2 Å². The van der Waals surface area contributed by atoms with Crippen molar-refractivity contribution in [2.75, 3.05) is 19.8 Å². The molecule has 0 radical (unpaired) electrons. The molecule has 0 aromatic heterocycles. The van der Waals surface area contributed by atoms with Crippen molar-refractivity contribution in [3.05, 3.63) is 28.8 Å². The average Bonchev–Trinajstić information content (AvgIpc) is 2.81. The van der Waals surface area contributed by atoms with Gasteiger partial charge in [-0.2, -0.15) is 0 Å². The molecule has 1 N–H and O–H groups in total. The third-order valence-corrected chi connectivity index (χ3v) is 6.44. The average molecular weight is 479 g/mol. The van der Waals surface area contributed by atoms with Gasteiger partial charge in [0.05, 0.1) is 18.3 Å². The molecule has 198 valence electrons. The molecule has 0 heterocycles. The van der Waals surface area contributed by atoms with Crippen LogP contribution in [0.25, 0.3) is 0 Å². The van der Waals surface area contributed by atoms with Crippen LogP contribution in [0.15, 0.2) is 12.1 Å². The molecular formula is C30H54O4. The van der Waals surface area contributed by atoms with Gasteiger partial charge in [0.25, 0.3) is 0 Å². The lowest BCUT2D eigenvalue weighted by Gasteiger charge is -2.24. The van der Waals surface area contributed by atoms with E-state index in [1.165, 1.54) is 49.7 Å². The normalized spacial score (nSPS) is 14.3. The van der Waals surface area contributed by atoms with E-state index >= 15 is 0 Å². The quantitative estimate of drug-likeness (QED) is 0.183. The SMILES string of the molecule is CCCCCOC(C)Cc1ccc(O)c(CC(C)OCCCCC)c1CC(C)OCCCCC. The van der Waals surface area contributed by atoms with Crippen LogP contribution in [0.1, 0.15) is 116 Å². The second-order valence-electron chi connectivity index (χ2n) is 9.98. The topological polar surface area (TPSA) is 47.9 Å². The van der Waals surface area contributed by atoms with Crippen LogP contribution in [0.3, 0.4) is 0 Å². The minimum Gasteiger partial charge on any atom is -0.508 e. The third kappa shape index (κ3) is 13.1. The molecule has 1 rings (SSSR count). The zero-order valence-electron chi connectivity index (χ0n) is 23.2. The van der Waals surface area contributed by atoms with Crippen LogP contribution < -0.4 is 0 Å². The monoisotopic (exact) mass is 478 g/mol. The summed E-state index contributed by atoms with van der Waals surface area (Å²) in [7, 11) is 0. The van der Waals surface area contributed by atoms with Crippen molar-refractivity contribution >= 4 is 0 Å². The molecule has 4 heteroatoms. The Bertz CT molecular complexity index is 630. The van der Waals surface area contributed by atoms with Gasteiger partial charge in [0.1, 0.15) is 5.75 Å². The van der Waals surface area contributed by atoms with Gasteiger partial charge in [0.2, 0.25) is 0 Å². The lowest BCUT2D eigenvalue weighted by Crippen LogP contribution is -2.20. The molecule has 3 unspecified atom stereocenters. The summed E-state index contributed by atoms with van der Waals surface area (Å²) in [6.07, 6.45) is 13.2. The van der Waals surface area contributed by atoms with Crippen molar-refractivity contribution in [1.29, 1.82) is 0 Å². The summed E-state index contributed by atoms with van der Waals surface area (Å²) in [5, 5.41) is 10.8. The highest BCUT2D eigenvalue weighted by Crippen LogP contribution is 2.30. The van der Waals surface area contributed by atoms with Crippen molar-refractivity contribution in [3.8, 4) is 5.75 Å². The van der Waals surface area contributed by atoms with Crippen molar-refractivity contribution in [2.24, 2.45) is 0 Å². The first-order valence-electron chi connectivity index (χ1n) is 14.1. The zero-order chi connectivity index (χ0) is 25.2. The van der Waals surface area contributed by atoms with Crippen LogP contribution in [0.2, 0.25) is 0 Å². The van der Waals surface area contributed by atoms with E-state index in [2.05, 4.69) is 47.6 Å². The smallest absolute Gasteiger partial charge is 0.119 e. The van der Waals surface area contributed by atoms with Crippen LogP contribution in [0.4, 0.5) is 0 Å². The summed E-state index contributed by atoms with van der Waals surface area (Å²) in [5.41, 5.74) is 3.50. The van der Waals surface area contributed by atoms with Gasteiger partial charge < -0.3 is 19.3 Å². The summed E-state index contributed by atoms with van der Waals surface area (Å²) in [6, 6.07) is 3.94. The number of benzene rings is 1. The van der Waals surface area contributed by atoms with Crippen molar-refractivity contribution in [2.45, 2.75) is 137 Å². The molecule has 0 spiro atoms. The van der Waals surface area contributed by atoms with E-state index in [1.54, 1.807) is 0 Å². The van der Waals surface area contributed by atoms with Crippen molar-refractivity contribution in [3.63, 3.8) is 0 Å². The summed E-state index contributed by atoms with van der Waals surface area (Å²) in [6.45, 7) is 15.5. The molecule has 0 fully saturated rings. The Morgan fingerprint density at radius 2 is 1.00 bits per heavy atom. The predicted octanol–water partition coefficient (Wildman–Crippen LogP) is 7.81. The standard InChI is InChI=1S/C30H54O4/c1-7-10-13-18-32-24(4)21-27-16-17-30(31)29(23-26(6)34-20-15-12-9-3)28(27)22-25(5)33-19-14-11-8-2/h16-17,24-26,31H,7-15,18-23H2,1-6H3. The number of hydrogen-bond donors (Lipinski definition) is 1.